The van der Waals surface area contributed by atoms with E-state index in [9.17, 15) is 19.2 Å². The van der Waals surface area contributed by atoms with Crippen LogP contribution < -0.4 is 16.9 Å². The van der Waals surface area contributed by atoms with Gasteiger partial charge in [0.05, 0.1) is 10.8 Å². The Balaban J connectivity index is 2.29. The molecule has 8 heteroatoms. The van der Waals surface area contributed by atoms with Gasteiger partial charge in [0.25, 0.3) is 11.1 Å². The quantitative estimate of drug-likeness (QED) is 0.740. The number of hydrogen-bond donors (Lipinski definition) is 2. The molecule has 0 radical (unpaired) electrons. The molecule has 2 amide bonds. The first-order chi connectivity index (χ1) is 10.9. The number of carbonyl (C=O) groups is 2. The molecule has 2 aromatic rings. The van der Waals surface area contributed by atoms with Crippen LogP contribution in [0.1, 0.15) is 13.3 Å². The second kappa shape index (κ2) is 6.91. The maximum Gasteiger partial charge on any atom is 0.273 e. The van der Waals surface area contributed by atoms with E-state index >= 15 is 0 Å². The summed E-state index contributed by atoms with van der Waals surface area (Å²) in [6.07, 6.45) is 0.0444. The summed E-state index contributed by atoms with van der Waals surface area (Å²) >= 11 is 0. The first kappa shape index (κ1) is 16.5. The zero-order chi connectivity index (χ0) is 17.0. The predicted octanol–water partition coefficient (Wildman–Crippen LogP) is -0.586. The molecule has 8 nitrogen and oxygen atoms in total. The molecule has 1 aromatic heterocycles. The molecule has 1 heterocycles. The molecule has 2 rings (SSSR count). The largest absolute Gasteiger partial charge is 0.370 e. The van der Waals surface area contributed by atoms with Crippen LogP contribution in [0.2, 0.25) is 0 Å². The normalized spacial score (nSPS) is 10.7. The van der Waals surface area contributed by atoms with E-state index in [0.29, 0.717) is 6.54 Å². The second-order valence-corrected chi connectivity index (χ2v) is 5.07. The van der Waals surface area contributed by atoms with Gasteiger partial charge >= 0.3 is 0 Å². The number of nitrogens with zero attached hydrogens (tertiary/aromatic N) is 2. The summed E-state index contributed by atoms with van der Waals surface area (Å²) in [5, 5.41) is 2.94. The molecule has 0 atom stereocenters. The maximum absolute atomic E-state index is 12.3. The SMILES string of the molecule is CCN(CCC(N)=O)C(=O)Cn1[nH]c(=O)c2ccccc2c1=O. The summed E-state index contributed by atoms with van der Waals surface area (Å²) in [7, 11) is 0. The molecule has 0 spiro atoms. The number of aromatic amines is 1. The van der Waals surface area contributed by atoms with Crippen LogP contribution >= 0.6 is 0 Å². The number of nitrogens with one attached hydrogen (secondary N) is 1. The zero-order valence-electron chi connectivity index (χ0n) is 12.7. The minimum atomic E-state index is -0.507. The maximum atomic E-state index is 12.3. The van der Waals surface area contributed by atoms with Gasteiger partial charge in [-0.25, -0.2) is 4.68 Å². The average molecular weight is 318 g/mol. The highest BCUT2D eigenvalue weighted by Crippen LogP contribution is 2.02. The van der Waals surface area contributed by atoms with Gasteiger partial charge in [-0.05, 0) is 19.1 Å². The Morgan fingerprint density at radius 3 is 2.48 bits per heavy atom. The number of H-pyrrole nitrogens is 1. The van der Waals surface area contributed by atoms with E-state index in [0.717, 1.165) is 4.68 Å². The molecule has 0 saturated heterocycles. The number of benzene rings is 1. The number of nitrogens with two attached hydrogens (primary N) is 1. The number of aromatic nitrogens is 2. The molecular formula is C15H18N4O4. The van der Waals surface area contributed by atoms with Crippen molar-refractivity contribution >= 4 is 22.6 Å². The minimum Gasteiger partial charge on any atom is -0.370 e. The van der Waals surface area contributed by atoms with Crippen LogP contribution in [0.3, 0.4) is 0 Å². The third-order valence-corrected chi connectivity index (χ3v) is 3.54. The highest BCUT2D eigenvalue weighted by atomic mass is 16.2. The van der Waals surface area contributed by atoms with Crippen molar-refractivity contribution in [1.29, 1.82) is 0 Å². The van der Waals surface area contributed by atoms with Crippen molar-refractivity contribution in [2.24, 2.45) is 5.73 Å². The van der Waals surface area contributed by atoms with Crippen LogP contribution in [0.25, 0.3) is 10.8 Å². The molecule has 0 aliphatic carbocycles. The fourth-order valence-corrected chi connectivity index (χ4v) is 2.30. The number of carbonyl (C=O) groups excluding carboxylic acids is 2. The van der Waals surface area contributed by atoms with E-state index in [-0.39, 0.29) is 36.2 Å². The highest BCUT2D eigenvalue weighted by molar-refractivity contribution is 5.81. The van der Waals surface area contributed by atoms with Gasteiger partial charge in [-0.3, -0.25) is 24.3 Å². The van der Waals surface area contributed by atoms with Crippen LogP contribution in [0, 0.1) is 0 Å². The predicted molar refractivity (Wildman–Crippen MR) is 84.9 cm³/mol. The van der Waals surface area contributed by atoms with Crippen LogP contribution in [0.4, 0.5) is 0 Å². The first-order valence-corrected chi connectivity index (χ1v) is 7.22. The second-order valence-electron chi connectivity index (χ2n) is 5.07. The Morgan fingerprint density at radius 1 is 1.22 bits per heavy atom. The van der Waals surface area contributed by atoms with Crippen molar-refractivity contribution in [3.63, 3.8) is 0 Å². The smallest absolute Gasteiger partial charge is 0.273 e. The molecule has 0 fully saturated rings. The molecule has 1 aromatic carbocycles. The van der Waals surface area contributed by atoms with Gasteiger partial charge in [0.1, 0.15) is 6.54 Å². The van der Waals surface area contributed by atoms with Gasteiger partial charge in [-0.1, -0.05) is 12.1 Å². The molecule has 23 heavy (non-hydrogen) atoms. The fourth-order valence-electron chi connectivity index (χ4n) is 2.30. The minimum absolute atomic E-state index is 0.0444. The van der Waals surface area contributed by atoms with E-state index in [1.807, 2.05) is 0 Å². The Kier molecular flexibility index (Phi) is 4.95. The molecule has 0 bridgehead atoms. The van der Waals surface area contributed by atoms with Crippen molar-refractivity contribution in [2.45, 2.75) is 19.9 Å². The summed E-state index contributed by atoms with van der Waals surface area (Å²) in [5.74, 6) is -0.880. The van der Waals surface area contributed by atoms with Crippen molar-refractivity contribution in [3.05, 3.63) is 45.0 Å². The number of likely N-dealkylation sites (N-methyl/N-ethyl adjacent to an activating group) is 1. The number of fused-ring (bicyclic) bond motifs is 1. The van der Waals surface area contributed by atoms with Crippen molar-refractivity contribution < 1.29 is 9.59 Å². The molecular weight excluding hydrogens is 300 g/mol. The lowest BCUT2D eigenvalue weighted by Crippen LogP contribution is -2.40. The van der Waals surface area contributed by atoms with Crippen molar-refractivity contribution in [3.8, 4) is 0 Å². The van der Waals surface area contributed by atoms with E-state index < -0.39 is 17.0 Å². The van der Waals surface area contributed by atoms with Gasteiger partial charge in [0.15, 0.2) is 0 Å². The summed E-state index contributed by atoms with van der Waals surface area (Å²) in [5.41, 5.74) is 4.19. The lowest BCUT2D eigenvalue weighted by molar-refractivity contribution is -0.132. The standard InChI is InChI=1S/C15H18N4O4/c1-2-18(8-7-12(16)20)13(21)9-19-15(23)11-6-4-3-5-10(11)14(22)17-19/h3-6H,2,7-9H2,1H3,(H2,16,20)(H,17,22). The Morgan fingerprint density at radius 2 is 1.87 bits per heavy atom. The Hall–Kier alpha value is -2.90. The number of hydrogen-bond acceptors (Lipinski definition) is 4. The number of primary amides is 1. The first-order valence-electron chi connectivity index (χ1n) is 7.22. The summed E-state index contributed by atoms with van der Waals surface area (Å²) in [6, 6.07) is 6.40. The molecule has 0 aliphatic heterocycles. The molecule has 0 saturated carbocycles. The summed E-state index contributed by atoms with van der Waals surface area (Å²) in [4.78, 5) is 48.8. The Labute approximate surface area is 131 Å². The van der Waals surface area contributed by atoms with Gasteiger partial charge in [0.2, 0.25) is 11.8 Å². The van der Waals surface area contributed by atoms with Gasteiger partial charge in [-0.15, -0.1) is 0 Å². The van der Waals surface area contributed by atoms with Gasteiger partial charge < -0.3 is 10.6 Å². The third kappa shape index (κ3) is 3.65. The zero-order valence-corrected chi connectivity index (χ0v) is 12.7. The number of amides is 2. The molecule has 0 aliphatic rings. The lowest BCUT2D eigenvalue weighted by atomic mass is 10.2. The van der Waals surface area contributed by atoms with Gasteiger partial charge in [-0.2, -0.15) is 0 Å². The monoisotopic (exact) mass is 318 g/mol. The van der Waals surface area contributed by atoms with E-state index in [1.165, 1.54) is 4.90 Å². The van der Waals surface area contributed by atoms with Crippen LogP contribution in [-0.2, 0) is 16.1 Å². The van der Waals surface area contributed by atoms with Gasteiger partial charge in [0, 0.05) is 19.5 Å². The molecule has 122 valence electrons. The lowest BCUT2D eigenvalue weighted by Gasteiger charge is -2.20. The highest BCUT2D eigenvalue weighted by Gasteiger charge is 2.15. The van der Waals surface area contributed by atoms with Crippen molar-refractivity contribution in [2.75, 3.05) is 13.1 Å². The summed E-state index contributed by atoms with van der Waals surface area (Å²) < 4.78 is 0.986. The van der Waals surface area contributed by atoms with Crippen LogP contribution in [0.15, 0.2) is 33.9 Å². The van der Waals surface area contributed by atoms with Crippen LogP contribution in [0.5, 0.6) is 0 Å². The van der Waals surface area contributed by atoms with E-state index in [2.05, 4.69) is 5.10 Å². The van der Waals surface area contributed by atoms with E-state index in [1.54, 1.807) is 31.2 Å². The third-order valence-electron chi connectivity index (χ3n) is 3.54. The molecule has 0 unspecified atom stereocenters. The molecule has 3 N–H and O–H groups in total. The van der Waals surface area contributed by atoms with Crippen LogP contribution in [-0.4, -0.2) is 39.6 Å². The number of rotatable bonds is 6. The topological polar surface area (TPSA) is 118 Å². The Bertz CT molecular complexity index is 852. The average Bonchev–Trinajstić information content (AvgIpc) is 2.52. The van der Waals surface area contributed by atoms with Crippen molar-refractivity contribution in [1.82, 2.24) is 14.7 Å². The summed E-state index contributed by atoms with van der Waals surface area (Å²) in [6.45, 7) is 2.01. The fraction of sp³-hybridized carbons (Fsp3) is 0.333. The van der Waals surface area contributed by atoms with E-state index in [4.69, 9.17) is 5.73 Å².